The Morgan fingerprint density at radius 1 is 1.21 bits per heavy atom. The van der Waals surface area contributed by atoms with Gasteiger partial charge < -0.3 is 9.64 Å². The number of amides is 2. The Morgan fingerprint density at radius 3 is 2.26 bits per heavy atom. The van der Waals surface area contributed by atoms with E-state index in [1.165, 1.54) is 0 Å². The second-order valence-electron chi connectivity index (χ2n) is 5.02. The Hall–Kier alpha value is -1.14. The van der Waals surface area contributed by atoms with Crippen molar-refractivity contribution >= 4 is 30.2 Å². The molecule has 2 heterocycles. The van der Waals surface area contributed by atoms with Gasteiger partial charge in [-0.25, -0.2) is 0 Å². The molecule has 19 heavy (non-hydrogen) atoms. The van der Waals surface area contributed by atoms with Gasteiger partial charge in [-0.05, 0) is 19.9 Å². The third-order valence-electron chi connectivity index (χ3n) is 3.42. The molecule has 0 radical (unpaired) electrons. The van der Waals surface area contributed by atoms with Crippen LogP contribution in [-0.2, 0) is 19.1 Å². The molecule has 7 heteroatoms. The summed E-state index contributed by atoms with van der Waals surface area (Å²) in [5.74, 6) is -1.80. The van der Waals surface area contributed by atoms with Crippen LogP contribution in [0.5, 0.6) is 0 Å². The lowest BCUT2D eigenvalue weighted by Gasteiger charge is -2.30. The van der Waals surface area contributed by atoms with Crippen LogP contribution < -0.4 is 5.32 Å². The third-order valence-corrected chi connectivity index (χ3v) is 3.42. The highest BCUT2D eigenvalue weighted by atomic mass is 35.5. The molecule has 2 fully saturated rings. The molecule has 0 aromatic carbocycles. The van der Waals surface area contributed by atoms with E-state index in [9.17, 15) is 14.4 Å². The zero-order valence-corrected chi connectivity index (χ0v) is 11.7. The highest BCUT2D eigenvalue weighted by Gasteiger charge is 2.33. The van der Waals surface area contributed by atoms with Crippen LogP contribution >= 0.6 is 12.4 Å². The van der Waals surface area contributed by atoms with Gasteiger partial charge in [-0.15, -0.1) is 12.4 Å². The molecule has 108 valence electrons. The lowest BCUT2D eigenvalue weighted by atomic mass is 9.97. The Bertz CT molecular complexity index is 351. The number of imide groups is 1. The summed E-state index contributed by atoms with van der Waals surface area (Å²) in [7, 11) is 2.03. The van der Waals surface area contributed by atoms with Crippen molar-refractivity contribution in [1.82, 2.24) is 10.2 Å². The lowest BCUT2D eigenvalue weighted by Crippen LogP contribution is -2.43. The molecule has 2 aliphatic rings. The summed E-state index contributed by atoms with van der Waals surface area (Å²) < 4.78 is 5.38. The zero-order chi connectivity index (χ0) is 13.1. The van der Waals surface area contributed by atoms with Crippen molar-refractivity contribution in [2.75, 3.05) is 20.1 Å². The van der Waals surface area contributed by atoms with E-state index in [0.717, 1.165) is 25.9 Å². The molecule has 0 atom stereocenters. The summed E-state index contributed by atoms with van der Waals surface area (Å²) in [6.45, 7) is 1.81. The van der Waals surface area contributed by atoms with Gasteiger partial charge in [0.1, 0.15) is 6.10 Å². The highest BCUT2D eigenvalue weighted by molar-refractivity contribution is 6.01. The Kier molecular flexibility index (Phi) is 5.75. The van der Waals surface area contributed by atoms with Crippen LogP contribution in [0.15, 0.2) is 0 Å². The first-order chi connectivity index (χ1) is 8.54. The van der Waals surface area contributed by atoms with Crippen molar-refractivity contribution < 1.29 is 19.1 Å². The van der Waals surface area contributed by atoms with E-state index in [1.807, 2.05) is 7.05 Å². The number of nitrogens with zero attached hydrogens (tertiary/aromatic N) is 1. The van der Waals surface area contributed by atoms with Crippen molar-refractivity contribution in [2.24, 2.45) is 5.92 Å². The summed E-state index contributed by atoms with van der Waals surface area (Å²) in [6.07, 6.45) is 1.66. The van der Waals surface area contributed by atoms with E-state index in [0.29, 0.717) is 0 Å². The third kappa shape index (κ3) is 4.47. The Labute approximate surface area is 118 Å². The number of carbonyl (C=O) groups is 3. The molecule has 2 saturated heterocycles. The minimum absolute atomic E-state index is 0. The minimum atomic E-state index is -0.606. The molecule has 0 aromatic rings. The maximum Gasteiger partial charge on any atom is 0.310 e. The van der Waals surface area contributed by atoms with Crippen LogP contribution in [0.4, 0.5) is 0 Å². The monoisotopic (exact) mass is 290 g/mol. The van der Waals surface area contributed by atoms with Gasteiger partial charge >= 0.3 is 5.97 Å². The summed E-state index contributed by atoms with van der Waals surface area (Å²) in [6, 6.07) is 0. The summed E-state index contributed by atoms with van der Waals surface area (Å²) in [4.78, 5) is 36.4. The molecule has 0 spiro atoms. The Morgan fingerprint density at radius 2 is 1.74 bits per heavy atom. The number of piperidine rings is 2. The minimum Gasteiger partial charge on any atom is -0.462 e. The first-order valence-electron chi connectivity index (χ1n) is 6.26. The average Bonchev–Trinajstić information content (AvgIpc) is 2.31. The van der Waals surface area contributed by atoms with Gasteiger partial charge in [-0.1, -0.05) is 0 Å². The second kappa shape index (κ2) is 6.86. The van der Waals surface area contributed by atoms with Gasteiger partial charge in [0.25, 0.3) is 0 Å². The number of halogens is 1. The fraction of sp³-hybridized carbons (Fsp3) is 0.750. The maximum absolute atomic E-state index is 11.9. The molecule has 0 aliphatic carbocycles. The van der Waals surface area contributed by atoms with Crippen LogP contribution in [-0.4, -0.2) is 48.9 Å². The number of nitrogens with one attached hydrogen (secondary N) is 1. The van der Waals surface area contributed by atoms with Crippen LogP contribution in [0.2, 0.25) is 0 Å². The van der Waals surface area contributed by atoms with E-state index < -0.39 is 23.7 Å². The van der Waals surface area contributed by atoms with Crippen molar-refractivity contribution in [3.8, 4) is 0 Å². The standard InChI is InChI=1S/C12H18N2O4.ClH/c1-14-4-2-9(3-5-14)18-12(17)8-6-10(15)13-11(16)7-8;/h8-9H,2-7H2,1H3,(H,13,15,16);1H. The van der Waals surface area contributed by atoms with E-state index >= 15 is 0 Å². The van der Waals surface area contributed by atoms with E-state index in [1.54, 1.807) is 0 Å². The summed E-state index contributed by atoms with van der Waals surface area (Å²) >= 11 is 0. The molecule has 1 N–H and O–H groups in total. The van der Waals surface area contributed by atoms with Crippen LogP contribution in [0.3, 0.4) is 0 Å². The van der Waals surface area contributed by atoms with Crippen LogP contribution in [0.25, 0.3) is 0 Å². The smallest absolute Gasteiger partial charge is 0.310 e. The van der Waals surface area contributed by atoms with E-state index in [4.69, 9.17) is 4.74 Å². The summed E-state index contributed by atoms with van der Waals surface area (Å²) in [5.41, 5.74) is 0. The predicted molar refractivity (Wildman–Crippen MR) is 69.7 cm³/mol. The van der Waals surface area contributed by atoms with Gasteiger partial charge in [0, 0.05) is 25.9 Å². The molecule has 0 bridgehead atoms. The number of ether oxygens (including phenoxy) is 1. The first kappa shape index (κ1) is 15.9. The molecular formula is C12H19ClN2O4. The van der Waals surface area contributed by atoms with E-state index in [-0.39, 0.29) is 31.4 Å². The first-order valence-corrected chi connectivity index (χ1v) is 6.26. The number of carbonyl (C=O) groups excluding carboxylic acids is 3. The van der Waals surface area contributed by atoms with Crippen molar-refractivity contribution in [1.29, 1.82) is 0 Å². The van der Waals surface area contributed by atoms with Crippen molar-refractivity contribution in [2.45, 2.75) is 31.8 Å². The van der Waals surface area contributed by atoms with Gasteiger partial charge in [-0.2, -0.15) is 0 Å². The number of hydrogen-bond acceptors (Lipinski definition) is 5. The molecule has 2 amide bonds. The number of esters is 1. The van der Waals surface area contributed by atoms with Gasteiger partial charge in [0.2, 0.25) is 11.8 Å². The number of likely N-dealkylation sites (tertiary alicyclic amines) is 1. The molecule has 0 unspecified atom stereocenters. The number of rotatable bonds is 2. The average molecular weight is 291 g/mol. The highest BCUT2D eigenvalue weighted by Crippen LogP contribution is 2.19. The fourth-order valence-electron chi connectivity index (χ4n) is 2.31. The van der Waals surface area contributed by atoms with Gasteiger partial charge in [0.15, 0.2) is 0 Å². The van der Waals surface area contributed by atoms with Gasteiger partial charge in [0.05, 0.1) is 5.92 Å². The molecular weight excluding hydrogens is 272 g/mol. The quantitative estimate of drug-likeness (QED) is 0.577. The fourth-order valence-corrected chi connectivity index (χ4v) is 2.31. The number of hydrogen-bond donors (Lipinski definition) is 1. The lowest BCUT2D eigenvalue weighted by molar-refractivity contribution is -0.160. The SMILES string of the molecule is CN1CCC(OC(=O)C2CC(=O)NC(=O)C2)CC1.Cl. The van der Waals surface area contributed by atoms with E-state index in [2.05, 4.69) is 10.2 Å². The molecule has 0 aromatic heterocycles. The van der Waals surface area contributed by atoms with Gasteiger partial charge in [-0.3, -0.25) is 19.7 Å². The normalized spacial score (nSPS) is 22.6. The molecule has 2 rings (SSSR count). The topological polar surface area (TPSA) is 75.7 Å². The molecule has 2 aliphatic heterocycles. The van der Waals surface area contributed by atoms with Crippen molar-refractivity contribution in [3.05, 3.63) is 0 Å². The largest absolute Gasteiger partial charge is 0.462 e. The summed E-state index contributed by atoms with van der Waals surface area (Å²) in [5, 5.41) is 2.18. The molecule has 6 nitrogen and oxygen atoms in total. The predicted octanol–water partition coefficient (Wildman–Crippen LogP) is 0.0984. The van der Waals surface area contributed by atoms with Crippen molar-refractivity contribution in [3.63, 3.8) is 0 Å². The Balaban J connectivity index is 0.00000180. The zero-order valence-electron chi connectivity index (χ0n) is 10.9. The molecule has 0 saturated carbocycles. The maximum atomic E-state index is 11.9. The second-order valence-corrected chi connectivity index (χ2v) is 5.02. The van der Waals surface area contributed by atoms with Crippen LogP contribution in [0, 0.1) is 5.92 Å². The van der Waals surface area contributed by atoms with Crippen LogP contribution in [0.1, 0.15) is 25.7 Å².